The van der Waals surface area contributed by atoms with Crippen LogP contribution in [0.5, 0.6) is 0 Å². The van der Waals surface area contributed by atoms with Crippen molar-refractivity contribution in [3.05, 3.63) is 0 Å². The van der Waals surface area contributed by atoms with Crippen LogP contribution in [0.15, 0.2) is 5.16 Å². The smallest absolute Gasteiger partial charge is 0.313 e. The zero-order valence-electron chi connectivity index (χ0n) is 9.38. The van der Waals surface area contributed by atoms with Crippen molar-refractivity contribution in [2.24, 2.45) is 5.92 Å². The number of aliphatic carboxylic acids is 1. The third kappa shape index (κ3) is 3.73. The lowest BCUT2D eigenvalue weighted by atomic mass is 10.1. The summed E-state index contributed by atoms with van der Waals surface area (Å²) in [5.74, 6) is -0.00515. The second kappa shape index (κ2) is 5.74. The molecule has 0 aliphatic heterocycles. The van der Waals surface area contributed by atoms with Crippen LogP contribution in [0.1, 0.15) is 20.3 Å². The van der Waals surface area contributed by atoms with Crippen LogP contribution in [-0.2, 0) is 11.3 Å². The number of thioether (sulfide) groups is 1. The minimum atomic E-state index is -0.873. The van der Waals surface area contributed by atoms with Gasteiger partial charge in [-0.2, -0.15) is 0 Å². The molecule has 7 heteroatoms. The average molecular weight is 244 g/mol. The van der Waals surface area contributed by atoms with Crippen molar-refractivity contribution < 1.29 is 9.90 Å². The van der Waals surface area contributed by atoms with Gasteiger partial charge in [-0.05, 0) is 12.3 Å². The van der Waals surface area contributed by atoms with E-state index in [0.29, 0.717) is 17.0 Å². The molecule has 1 aromatic rings. The van der Waals surface area contributed by atoms with E-state index in [1.807, 2.05) is 0 Å². The van der Waals surface area contributed by atoms with Gasteiger partial charge in [-0.25, -0.2) is 0 Å². The summed E-state index contributed by atoms with van der Waals surface area (Å²) < 4.78 is 1.76. The van der Waals surface area contributed by atoms with Gasteiger partial charge < -0.3 is 10.8 Å². The van der Waals surface area contributed by atoms with E-state index in [9.17, 15) is 4.79 Å². The van der Waals surface area contributed by atoms with Gasteiger partial charge in [-0.3, -0.25) is 9.36 Å². The SMILES string of the molecule is CC(C)CCn1c(N)nnc1SCC(=O)O. The summed E-state index contributed by atoms with van der Waals surface area (Å²) in [5, 5.41) is 16.8. The van der Waals surface area contributed by atoms with Crippen LogP contribution in [0.3, 0.4) is 0 Å². The van der Waals surface area contributed by atoms with Crippen LogP contribution >= 0.6 is 11.8 Å². The number of nitrogens with two attached hydrogens (primary N) is 1. The van der Waals surface area contributed by atoms with E-state index in [2.05, 4.69) is 24.0 Å². The number of hydrogen-bond donors (Lipinski definition) is 2. The van der Waals surface area contributed by atoms with E-state index in [0.717, 1.165) is 24.7 Å². The van der Waals surface area contributed by atoms with Crippen molar-refractivity contribution in [3.63, 3.8) is 0 Å². The molecular formula is C9H16N4O2S. The van der Waals surface area contributed by atoms with Gasteiger partial charge in [0.05, 0.1) is 5.75 Å². The Hall–Kier alpha value is -1.24. The second-order valence-electron chi connectivity index (χ2n) is 3.86. The third-order valence-corrected chi connectivity index (χ3v) is 2.95. The Balaban J connectivity index is 2.65. The number of anilines is 1. The summed E-state index contributed by atoms with van der Waals surface area (Å²) in [7, 11) is 0. The molecule has 0 atom stereocenters. The molecule has 0 saturated carbocycles. The zero-order valence-corrected chi connectivity index (χ0v) is 10.2. The van der Waals surface area contributed by atoms with Gasteiger partial charge in [0.2, 0.25) is 5.95 Å². The van der Waals surface area contributed by atoms with Crippen LogP contribution in [0.4, 0.5) is 5.95 Å². The Labute approximate surface area is 98.2 Å². The van der Waals surface area contributed by atoms with Gasteiger partial charge in [-0.1, -0.05) is 25.6 Å². The molecule has 16 heavy (non-hydrogen) atoms. The fourth-order valence-electron chi connectivity index (χ4n) is 1.13. The highest BCUT2D eigenvalue weighted by atomic mass is 32.2. The highest BCUT2D eigenvalue weighted by Gasteiger charge is 2.11. The number of carboxylic acid groups (broad SMARTS) is 1. The summed E-state index contributed by atoms with van der Waals surface area (Å²) >= 11 is 1.14. The fourth-order valence-corrected chi connectivity index (χ4v) is 1.82. The Kier molecular flexibility index (Phi) is 4.60. The second-order valence-corrected chi connectivity index (χ2v) is 4.80. The number of aromatic nitrogens is 3. The van der Waals surface area contributed by atoms with E-state index in [1.165, 1.54) is 0 Å². The van der Waals surface area contributed by atoms with Crippen molar-refractivity contribution in [2.45, 2.75) is 32.0 Å². The van der Waals surface area contributed by atoms with Gasteiger partial charge in [0.25, 0.3) is 0 Å². The van der Waals surface area contributed by atoms with Crippen molar-refractivity contribution in [1.29, 1.82) is 0 Å². The van der Waals surface area contributed by atoms with Crippen molar-refractivity contribution in [3.8, 4) is 0 Å². The van der Waals surface area contributed by atoms with Gasteiger partial charge in [0.1, 0.15) is 0 Å². The first-order chi connectivity index (χ1) is 7.50. The number of nitrogens with zero attached hydrogens (tertiary/aromatic N) is 3. The predicted molar refractivity (Wildman–Crippen MR) is 62.2 cm³/mol. The first-order valence-electron chi connectivity index (χ1n) is 5.04. The molecule has 90 valence electrons. The van der Waals surface area contributed by atoms with E-state index in [4.69, 9.17) is 10.8 Å². The van der Waals surface area contributed by atoms with Crippen LogP contribution in [0, 0.1) is 5.92 Å². The minimum absolute atomic E-state index is 0.0280. The van der Waals surface area contributed by atoms with E-state index in [1.54, 1.807) is 4.57 Å². The topological polar surface area (TPSA) is 94.0 Å². The number of carbonyl (C=O) groups is 1. The molecule has 0 aliphatic rings. The molecular weight excluding hydrogens is 228 g/mol. The molecule has 0 fully saturated rings. The van der Waals surface area contributed by atoms with E-state index < -0.39 is 5.97 Å². The number of carboxylic acids is 1. The lowest BCUT2D eigenvalue weighted by Crippen LogP contribution is -2.08. The Morgan fingerprint density at radius 2 is 2.25 bits per heavy atom. The lowest BCUT2D eigenvalue weighted by Gasteiger charge is -2.08. The Morgan fingerprint density at radius 1 is 1.56 bits per heavy atom. The first-order valence-corrected chi connectivity index (χ1v) is 6.02. The summed E-state index contributed by atoms with van der Waals surface area (Å²) in [4.78, 5) is 10.4. The van der Waals surface area contributed by atoms with Crippen LogP contribution in [0.25, 0.3) is 0 Å². The summed E-state index contributed by atoms with van der Waals surface area (Å²) in [6, 6.07) is 0. The van der Waals surface area contributed by atoms with E-state index >= 15 is 0 Å². The fraction of sp³-hybridized carbons (Fsp3) is 0.667. The van der Waals surface area contributed by atoms with Crippen LogP contribution in [0.2, 0.25) is 0 Å². The maximum absolute atomic E-state index is 10.4. The summed E-state index contributed by atoms with van der Waals surface area (Å²) in [6.07, 6.45) is 0.961. The first kappa shape index (κ1) is 12.8. The molecule has 0 bridgehead atoms. The van der Waals surface area contributed by atoms with Gasteiger partial charge in [0.15, 0.2) is 5.16 Å². The number of rotatable bonds is 6. The molecule has 1 rings (SSSR count). The molecule has 0 unspecified atom stereocenters. The molecule has 0 saturated heterocycles. The molecule has 1 heterocycles. The molecule has 3 N–H and O–H groups in total. The Morgan fingerprint density at radius 3 is 2.81 bits per heavy atom. The van der Waals surface area contributed by atoms with Gasteiger partial charge in [0, 0.05) is 6.54 Å². The van der Waals surface area contributed by atoms with Crippen molar-refractivity contribution >= 4 is 23.7 Å². The normalized spacial score (nSPS) is 10.9. The standard InChI is InChI=1S/C9H16N4O2S/c1-6(2)3-4-13-8(10)11-12-9(13)16-5-7(14)15/h6H,3-5H2,1-2H3,(H2,10,11)(H,14,15). The lowest BCUT2D eigenvalue weighted by molar-refractivity contribution is -0.133. The number of hydrogen-bond acceptors (Lipinski definition) is 5. The Bertz CT molecular complexity index is 364. The highest BCUT2D eigenvalue weighted by Crippen LogP contribution is 2.19. The summed E-state index contributed by atoms with van der Waals surface area (Å²) in [5.41, 5.74) is 5.66. The van der Waals surface area contributed by atoms with Crippen molar-refractivity contribution in [1.82, 2.24) is 14.8 Å². The maximum atomic E-state index is 10.4. The average Bonchev–Trinajstić information content (AvgIpc) is 2.53. The van der Waals surface area contributed by atoms with Crippen molar-refractivity contribution in [2.75, 3.05) is 11.5 Å². The molecule has 6 nitrogen and oxygen atoms in total. The predicted octanol–water partition coefficient (Wildman–Crippen LogP) is 1.08. The van der Waals surface area contributed by atoms with Crippen LogP contribution < -0.4 is 5.73 Å². The largest absolute Gasteiger partial charge is 0.481 e. The quantitative estimate of drug-likeness (QED) is 0.727. The van der Waals surface area contributed by atoms with Gasteiger partial charge >= 0.3 is 5.97 Å². The molecule has 0 amide bonds. The monoisotopic (exact) mass is 244 g/mol. The van der Waals surface area contributed by atoms with Crippen LogP contribution in [-0.4, -0.2) is 31.6 Å². The molecule has 0 spiro atoms. The third-order valence-electron chi connectivity index (χ3n) is 2.00. The highest BCUT2D eigenvalue weighted by molar-refractivity contribution is 7.99. The molecule has 0 aromatic carbocycles. The molecule has 0 aliphatic carbocycles. The van der Waals surface area contributed by atoms with Gasteiger partial charge in [-0.15, -0.1) is 10.2 Å². The minimum Gasteiger partial charge on any atom is -0.481 e. The van der Waals surface area contributed by atoms with E-state index in [-0.39, 0.29) is 5.75 Å². The maximum Gasteiger partial charge on any atom is 0.313 e. The number of nitrogen functional groups attached to an aromatic ring is 1. The molecule has 1 aromatic heterocycles. The zero-order chi connectivity index (χ0) is 12.1. The molecule has 0 radical (unpaired) electrons. The summed E-state index contributed by atoms with van der Waals surface area (Å²) in [6.45, 7) is 4.95.